The molecule has 1 aromatic carbocycles. The van der Waals surface area contributed by atoms with Gasteiger partial charge in [0.1, 0.15) is 6.04 Å². The maximum atomic E-state index is 12.3. The molecule has 2 N–H and O–H groups in total. The maximum absolute atomic E-state index is 12.3. The number of likely N-dealkylation sites (tertiary alicyclic amines) is 1. The molecule has 0 radical (unpaired) electrons. The number of piperidine rings is 1. The van der Waals surface area contributed by atoms with Gasteiger partial charge in [0.15, 0.2) is 0 Å². The van der Waals surface area contributed by atoms with Crippen LogP contribution in [0.15, 0.2) is 30.3 Å². The number of amides is 1. The van der Waals surface area contributed by atoms with E-state index in [4.69, 9.17) is 5.73 Å². The van der Waals surface area contributed by atoms with E-state index in [1.807, 2.05) is 35.2 Å². The van der Waals surface area contributed by atoms with Crippen molar-refractivity contribution in [3.63, 3.8) is 0 Å². The van der Waals surface area contributed by atoms with Gasteiger partial charge < -0.3 is 10.6 Å². The quantitative estimate of drug-likeness (QED) is 0.907. The third-order valence-corrected chi connectivity index (χ3v) is 3.85. The lowest BCUT2D eigenvalue weighted by Crippen LogP contribution is -2.45. The second-order valence-corrected chi connectivity index (χ2v) is 5.88. The van der Waals surface area contributed by atoms with Crippen molar-refractivity contribution >= 4 is 18.3 Å². The average molecular weight is 283 g/mol. The van der Waals surface area contributed by atoms with Gasteiger partial charge in [0.25, 0.3) is 0 Å². The summed E-state index contributed by atoms with van der Waals surface area (Å²) in [4.78, 5) is 14.2. The minimum Gasteiger partial charge on any atom is -0.341 e. The molecule has 1 aliphatic heterocycles. The highest BCUT2D eigenvalue weighted by Crippen LogP contribution is 2.30. The molecule has 1 saturated heterocycles. The van der Waals surface area contributed by atoms with E-state index in [1.165, 1.54) is 0 Å². The molecule has 2 rings (SSSR count). The van der Waals surface area contributed by atoms with Crippen LogP contribution in [0.5, 0.6) is 0 Å². The van der Waals surface area contributed by atoms with Gasteiger partial charge in [0.05, 0.1) is 0 Å². The third-order valence-electron chi connectivity index (χ3n) is 3.85. The minimum atomic E-state index is -0.521. The van der Waals surface area contributed by atoms with Crippen LogP contribution >= 0.6 is 12.4 Å². The number of nitrogens with two attached hydrogens (primary N) is 1. The normalized spacial score (nSPS) is 19.4. The summed E-state index contributed by atoms with van der Waals surface area (Å²) in [5.41, 5.74) is 7.30. The summed E-state index contributed by atoms with van der Waals surface area (Å²) < 4.78 is 0. The van der Waals surface area contributed by atoms with Crippen molar-refractivity contribution in [2.24, 2.45) is 11.1 Å². The second-order valence-electron chi connectivity index (χ2n) is 5.88. The van der Waals surface area contributed by atoms with Crippen LogP contribution in [0.3, 0.4) is 0 Å². The van der Waals surface area contributed by atoms with E-state index in [2.05, 4.69) is 13.8 Å². The summed E-state index contributed by atoms with van der Waals surface area (Å²) in [6.07, 6.45) is 2.11. The lowest BCUT2D eigenvalue weighted by atomic mass is 9.82. The van der Waals surface area contributed by atoms with Crippen LogP contribution in [-0.2, 0) is 4.79 Å². The largest absolute Gasteiger partial charge is 0.341 e. The predicted molar refractivity (Wildman–Crippen MR) is 80.2 cm³/mol. The van der Waals surface area contributed by atoms with Gasteiger partial charge in [-0.15, -0.1) is 12.4 Å². The highest BCUT2D eigenvalue weighted by molar-refractivity contribution is 5.85. The first-order chi connectivity index (χ1) is 8.49. The van der Waals surface area contributed by atoms with Gasteiger partial charge in [-0.2, -0.15) is 0 Å². The van der Waals surface area contributed by atoms with Crippen molar-refractivity contribution < 1.29 is 4.79 Å². The zero-order valence-electron chi connectivity index (χ0n) is 11.6. The van der Waals surface area contributed by atoms with Crippen molar-refractivity contribution in [2.75, 3.05) is 13.1 Å². The molecule has 1 atom stereocenters. The molecule has 1 unspecified atom stereocenters. The number of carbonyl (C=O) groups excluding carboxylic acids is 1. The lowest BCUT2D eigenvalue weighted by Gasteiger charge is -2.37. The number of hydrogen-bond acceptors (Lipinski definition) is 2. The first-order valence-electron chi connectivity index (χ1n) is 6.59. The molecule has 0 aromatic heterocycles. The number of carbonyl (C=O) groups is 1. The fourth-order valence-electron chi connectivity index (χ4n) is 2.33. The summed E-state index contributed by atoms with van der Waals surface area (Å²) in [6, 6.07) is 9.08. The summed E-state index contributed by atoms with van der Waals surface area (Å²) >= 11 is 0. The van der Waals surface area contributed by atoms with Gasteiger partial charge in [0, 0.05) is 13.1 Å². The molecule has 4 heteroatoms. The molecule has 0 aliphatic carbocycles. The molecule has 19 heavy (non-hydrogen) atoms. The second kappa shape index (κ2) is 6.40. The number of benzene rings is 1. The van der Waals surface area contributed by atoms with E-state index in [0.29, 0.717) is 5.41 Å². The topological polar surface area (TPSA) is 46.3 Å². The van der Waals surface area contributed by atoms with Crippen molar-refractivity contribution in [1.82, 2.24) is 4.90 Å². The van der Waals surface area contributed by atoms with Crippen molar-refractivity contribution in [1.29, 1.82) is 0 Å². The SMILES string of the molecule is CC1(C)CCN(C(=O)C(N)c2ccccc2)CC1.Cl. The van der Waals surface area contributed by atoms with Crippen LogP contribution in [0.2, 0.25) is 0 Å². The fourth-order valence-corrected chi connectivity index (χ4v) is 2.33. The lowest BCUT2D eigenvalue weighted by molar-refractivity contribution is -0.134. The molecule has 1 fully saturated rings. The molecule has 1 aromatic rings. The Kier molecular flexibility index (Phi) is 5.39. The first kappa shape index (κ1) is 16.0. The van der Waals surface area contributed by atoms with Gasteiger partial charge in [-0.3, -0.25) is 4.79 Å². The number of rotatable bonds is 2. The summed E-state index contributed by atoms with van der Waals surface area (Å²) in [5, 5.41) is 0. The van der Waals surface area contributed by atoms with E-state index in [0.717, 1.165) is 31.5 Å². The monoisotopic (exact) mass is 282 g/mol. The Morgan fingerprint density at radius 3 is 2.26 bits per heavy atom. The maximum Gasteiger partial charge on any atom is 0.244 e. The van der Waals surface area contributed by atoms with Gasteiger partial charge >= 0.3 is 0 Å². The zero-order chi connectivity index (χ0) is 13.2. The molecule has 0 spiro atoms. The van der Waals surface area contributed by atoms with Crippen LogP contribution < -0.4 is 5.73 Å². The molecule has 3 nitrogen and oxygen atoms in total. The van der Waals surface area contributed by atoms with Crippen molar-refractivity contribution in [2.45, 2.75) is 32.7 Å². The Bertz CT molecular complexity index is 409. The molecule has 1 heterocycles. The van der Waals surface area contributed by atoms with Crippen LogP contribution in [0.1, 0.15) is 38.3 Å². The van der Waals surface area contributed by atoms with E-state index in [9.17, 15) is 4.79 Å². The Morgan fingerprint density at radius 2 is 1.74 bits per heavy atom. The smallest absolute Gasteiger partial charge is 0.244 e. The molecule has 0 saturated carbocycles. The van der Waals surface area contributed by atoms with Crippen molar-refractivity contribution in [3.05, 3.63) is 35.9 Å². The van der Waals surface area contributed by atoms with Crippen LogP contribution in [0.25, 0.3) is 0 Å². The Hall–Kier alpha value is -1.06. The van der Waals surface area contributed by atoms with Crippen LogP contribution in [-0.4, -0.2) is 23.9 Å². The van der Waals surface area contributed by atoms with Gasteiger partial charge in [0.2, 0.25) is 5.91 Å². The highest BCUT2D eigenvalue weighted by atomic mass is 35.5. The average Bonchev–Trinajstić information content (AvgIpc) is 2.38. The van der Waals surface area contributed by atoms with Crippen LogP contribution in [0, 0.1) is 5.41 Å². The molecule has 1 amide bonds. The molecular formula is C15H23ClN2O. The summed E-state index contributed by atoms with van der Waals surface area (Å²) in [6.45, 7) is 6.16. The van der Waals surface area contributed by atoms with Gasteiger partial charge in [-0.05, 0) is 23.8 Å². The number of halogens is 1. The third kappa shape index (κ3) is 3.95. The van der Waals surface area contributed by atoms with E-state index >= 15 is 0 Å². The molecule has 106 valence electrons. The number of nitrogens with zero attached hydrogens (tertiary/aromatic N) is 1. The minimum absolute atomic E-state index is 0. The van der Waals surface area contributed by atoms with Crippen molar-refractivity contribution in [3.8, 4) is 0 Å². The van der Waals surface area contributed by atoms with E-state index < -0.39 is 6.04 Å². The van der Waals surface area contributed by atoms with E-state index in [1.54, 1.807) is 0 Å². The van der Waals surface area contributed by atoms with Crippen LogP contribution in [0.4, 0.5) is 0 Å². The fraction of sp³-hybridized carbons (Fsp3) is 0.533. The van der Waals surface area contributed by atoms with Gasteiger partial charge in [-0.1, -0.05) is 44.2 Å². The molecule has 1 aliphatic rings. The number of hydrogen-bond donors (Lipinski definition) is 1. The molecular weight excluding hydrogens is 260 g/mol. The summed E-state index contributed by atoms with van der Waals surface area (Å²) in [5.74, 6) is 0.0525. The summed E-state index contributed by atoms with van der Waals surface area (Å²) in [7, 11) is 0. The Morgan fingerprint density at radius 1 is 1.21 bits per heavy atom. The Balaban J connectivity index is 0.00000180. The standard InChI is InChI=1S/C15H22N2O.ClH/c1-15(2)8-10-17(11-9-15)14(18)13(16)12-6-4-3-5-7-12;/h3-7,13H,8-11,16H2,1-2H3;1H. The highest BCUT2D eigenvalue weighted by Gasteiger charge is 2.30. The molecule has 0 bridgehead atoms. The first-order valence-corrected chi connectivity index (χ1v) is 6.59. The van der Waals surface area contributed by atoms with Gasteiger partial charge in [-0.25, -0.2) is 0 Å². The zero-order valence-corrected chi connectivity index (χ0v) is 12.5. The Labute approximate surface area is 121 Å². The predicted octanol–water partition coefficient (Wildman–Crippen LogP) is 2.76. The van der Waals surface area contributed by atoms with E-state index in [-0.39, 0.29) is 18.3 Å².